The lowest BCUT2D eigenvalue weighted by molar-refractivity contribution is 0.471. The molecule has 0 unspecified atom stereocenters. The monoisotopic (exact) mass is 466 g/mol. The summed E-state index contributed by atoms with van der Waals surface area (Å²) < 4.78 is 64.4. The number of benzene rings is 2. The maximum absolute atomic E-state index is 11.6. The van der Waals surface area contributed by atoms with E-state index in [4.69, 9.17) is 23.2 Å². The van der Waals surface area contributed by atoms with Crippen LogP contribution in [-0.2, 0) is 20.2 Å². The van der Waals surface area contributed by atoms with Crippen molar-refractivity contribution >= 4 is 65.8 Å². The van der Waals surface area contributed by atoms with E-state index < -0.39 is 35.8 Å². The molecule has 0 aliphatic heterocycles. The van der Waals surface area contributed by atoms with Gasteiger partial charge >= 0.3 is 0 Å². The zero-order valence-corrected chi connectivity index (χ0v) is 16.3. The summed E-state index contributed by atoms with van der Waals surface area (Å²) in [6.45, 7) is 0. The van der Waals surface area contributed by atoms with E-state index in [-0.39, 0.29) is 33.0 Å². The first-order chi connectivity index (χ1) is 12.8. The predicted molar refractivity (Wildman–Crippen MR) is 98.4 cm³/mol. The molecule has 0 fully saturated rings. The molecule has 0 aliphatic rings. The second kappa shape index (κ2) is 6.95. The van der Waals surface area contributed by atoms with E-state index in [1.165, 1.54) is 0 Å². The highest BCUT2D eigenvalue weighted by atomic mass is 35.5. The van der Waals surface area contributed by atoms with Gasteiger partial charge in [-0.25, -0.2) is 0 Å². The molecule has 0 spiro atoms. The molecule has 3 aromatic rings. The summed E-state index contributed by atoms with van der Waals surface area (Å²) in [5.41, 5.74) is -0.136. The van der Waals surface area contributed by atoms with Crippen LogP contribution in [0.25, 0.3) is 10.8 Å². The van der Waals surface area contributed by atoms with Crippen molar-refractivity contribution in [2.24, 2.45) is 0 Å². The van der Waals surface area contributed by atoms with Gasteiger partial charge in [-0.3, -0.25) is 9.11 Å². The summed E-state index contributed by atoms with van der Waals surface area (Å²) in [7, 11) is -9.43. The van der Waals surface area contributed by atoms with Crippen LogP contribution in [0.1, 0.15) is 0 Å². The Morgan fingerprint density at radius 3 is 1.82 bits per heavy atom. The molecule has 0 aliphatic carbocycles. The Balaban J connectivity index is 2.33. The summed E-state index contributed by atoms with van der Waals surface area (Å²) in [6.07, 6.45) is 0. The van der Waals surface area contributed by atoms with Gasteiger partial charge in [0.25, 0.3) is 20.2 Å². The molecule has 0 amide bonds. The van der Waals surface area contributed by atoms with Crippen LogP contribution in [0.2, 0.25) is 10.6 Å². The number of nitrogens with one attached hydrogen (secondary N) is 1. The number of aromatic nitrogens is 3. The highest BCUT2D eigenvalue weighted by molar-refractivity contribution is 7.86. The van der Waals surface area contributed by atoms with Crippen molar-refractivity contribution in [3.63, 3.8) is 0 Å². The lowest BCUT2D eigenvalue weighted by Crippen LogP contribution is -2.04. The Kier molecular flexibility index (Phi) is 5.07. The molecule has 4 N–H and O–H groups in total. The van der Waals surface area contributed by atoms with Crippen molar-refractivity contribution in [2.75, 3.05) is 5.32 Å². The number of anilines is 2. The molecule has 2 aromatic carbocycles. The lowest BCUT2D eigenvalue weighted by Gasteiger charge is -2.13. The van der Waals surface area contributed by atoms with E-state index in [1.54, 1.807) is 0 Å². The van der Waals surface area contributed by atoms with Crippen LogP contribution in [0.4, 0.5) is 11.6 Å². The normalized spacial score (nSPS) is 12.3. The molecule has 0 bridgehead atoms. The largest absolute Gasteiger partial charge is 0.507 e. The predicted octanol–water partition coefficient (Wildman–Crippen LogP) is 2.27. The van der Waals surface area contributed by atoms with Crippen molar-refractivity contribution in [2.45, 2.75) is 9.79 Å². The fourth-order valence-corrected chi connectivity index (χ4v) is 3.78. The molecule has 0 saturated carbocycles. The van der Waals surface area contributed by atoms with E-state index in [0.29, 0.717) is 0 Å². The minimum atomic E-state index is -4.73. The third-order valence-electron chi connectivity index (χ3n) is 3.40. The summed E-state index contributed by atoms with van der Waals surface area (Å²) in [5, 5.41) is 12.0. The van der Waals surface area contributed by atoms with E-state index in [9.17, 15) is 31.0 Å². The number of nitrogens with zero attached hydrogens (tertiary/aromatic N) is 3. The number of hydrogen-bond acceptors (Lipinski definition) is 9. The van der Waals surface area contributed by atoms with Crippen molar-refractivity contribution < 1.29 is 31.0 Å². The first-order valence-corrected chi connectivity index (χ1v) is 10.6. The van der Waals surface area contributed by atoms with Gasteiger partial charge in [0.2, 0.25) is 16.5 Å². The number of fused-ring (bicyclic) bond motifs is 1. The molecule has 3 rings (SSSR count). The molecule has 11 nitrogen and oxygen atoms in total. The first kappa shape index (κ1) is 20.4. The molecule has 0 radical (unpaired) electrons. The van der Waals surface area contributed by atoms with Crippen LogP contribution in [0, 0.1) is 0 Å². The molecule has 15 heteroatoms. The van der Waals surface area contributed by atoms with Gasteiger partial charge in [0, 0.05) is 11.5 Å². The molecule has 28 heavy (non-hydrogen) atoms. The number of hydrogen-bond donors (Lipinski definition) is 4. The molecule has 1 aromatic heterocycles. The van der Waals surface area contributed by atoms with Crippen LogP contribution in [0.15, 0.2) is 34.1 Å². The molecular weight excluding hydrogens is 459 g/mol. The van der Waals surface area contributed by atoms with Gasteiger partial charge in [0.15, 0.2) is 0 Å². The van der Waals surface area contributed by atoms with E-state index in [0.717, 1.165) is 24.3 Å². The topological polar surface area (TPSA) is 180 Å². The Morgan fingerprint density at radius 2 is 1.32 bits per heavy atom. The van der Waals surface area contributed by atoms with Crippen LogP contribution >= 0.6 is 23.2 Å². The second-order valence-electron chi connectivity index (χ2n) is 5.28. The Bertz CT molecular complexity index is 1300. The SMILES string of the molecule is O=S(=O)(O)c1cc(O)c2c(Nc3nc(Cl)nc(Cl)n3)cc(S(=O)(=O)O)cc2c1. The average Bonchev–Trinajstić information content (AvgIpc) is 2.51. The zero-order valence-electron chi connectivity index (χ0n) is 13.2. The van der Waals surface area contributed by atoms with Crippen molar-refractivity contribution in [3.8, 4) is 5.75 Å². The van der Waals surface area contributed by atoms with Gasteiger partial charge in [-0.2, -0.15) is 31.8 Å². The highest BCUT2D eigenvalue weighted by Gasteiger charge is 2.20. The molecule has 148 valence electrons. The third kappa shape index (κ3) is 4.24. The van der Waals surface area contributed by atoms with Gasteiger partial charge in [-0.15, -0.1) is 0 Å². The Hall–Kier alpha value is -2.29. The smallest absolute Gasteiger partial charge is 0.294 e. The van der Waals surface area contributed by atoms with Crippen molar-refractivity contribution in [1.82, 2.24) is 15.0 Å². The quantitative estimate of drug-likeness (QED) is 0.414. The minimum absolute atomic E-state index is 0.0625. The Morgan fingerprint density at radius 1 is 0.821 bits per heavy atom. The highest BCUT2D eigenvalue weighted by Crippen LogP contribution is 2.37. The number of phenols is 1. The second-order valence-corrected chi connectivity index (χ2v) is 8.80. The number of halogens is 2. The van der Waals surface area contributed by atoms with E-state index >= 15 is 0 Å². The van der Waals surface area contributed by atoms with Gasteiger partial charge in [-0.1, -0.05) is 0 Å². The van der Waals surface area contributed by atoms with E-state index in [1.807, 2.05) is 0 Å². The standard InChI is InChI=1S/C13H8Cl2N4O7S2/c14-11-17-12(15)19-13(18-11)16-8-3-6(27(21,22)23)1-5-2-7(28(24,25)26)4-9(20)10(5)8/h1-4,20H,(H,21,22,23)(H,24,25,26)(H,16,17,18,19). The van der Waals surface area contributed by atoms with Gasteiger partial charge in [0.1, 0.15) is 5.75 Å². The summed E-state index contributed by atoms with van der Waals surface area (Å²) in [6, 6.07) is 3.49. The third-order valence-corrected chi connectivity index (χ3v) is 5.40. The van der Waals surface area contributed by atoms with Crippen LogP contribution in [0.3, 0.4) is 0 Å². The molecule has 1 heterocycles. The number of rotatable bonds is 4. The Labute approximate surface area is 167 Å². The van der Waals surface area contributed by atoms with Crippen molar-refractivity contribution in [1.29, 1.82) is 0 Å². The van der Waals surface area contributed by atoms with Gasteiger partial charge < -0.3 is 10.4 Å². The summed E-state index contributed by atoms with van der Waals surface area (Å²) >= 11 is 11.3. The molecule has 0 saturated heterocycles. The summed E-state index contributed by atoms with van der Waals surface area (Å²) in [4.78, 5) is 9.67. The van der Waals surface area contributed by atoms with Gasteiger partial charge in [0.05, 0.1) is 15.5 Å². The number of phenolic OH excluding ortho intramolecular Hbond substituents is 1. The van der Waals surface area contributed by atoms with Crippen LogP contribution in [-0.4, -0.2) is 46.0 Å². The average molecular weight is 467 g/mol. The molecule has 0 atom stereocenters. The van der Waals surface area contributed by atoms with Crippen LogP contribution in [0.5, 0.6) is 5.75 Å². The summed E-state index contributed by atoms with van der Waals surface area (Å²) in [5.74, 6) is -0.849. The lowest BCUT2D eigenvalue weighted by atomic mass is 10.1. The van der Waals surface area contributed by atoms with E-state index in [2.05, 4.69) is 20.3 Å². The fourth-order valence-electron chi connectivity index (χ4n) is 2.34. The van der Waals surface area contributed by atoms with Gasteiger partial charge in [-0.05, 0) is 46.8 Å². The van der Waals surface area contributed by atoms with Crippen molar-refractivity contribution in [3.05, 3.63) is 34.8 Å². The molecular formula is C13H8Cl2N4O7S2. The number of aromatic hydroxyl groups is 1. The maximum Gasteiger partial charge on any atom is 0.294 e. The maximum atomic E-state index is 11.6. The zero-order chi connectivity index (χ0) is 20.9. The minimum Gasteiger partial charge on any atom is -0.507 e. The fraction of sp³-hybridized carbons (Fsp3) is 0. The van der Waals surface area contributed by atoms with Crippen LogP contribution < -0.4 is 5.32 Å². The first-order valence-electron chi connectivity index (χ1n) is 6.94.